The van der Waals surface area contributed by atoms with Crippen LogP contribution in [0.15, 0.2) is 52.1 Å². The number of rotatable bonds is 4. The molecule has 1 aromatic carbocycles. The number of methoxy groups -OCH3 is 1. The number of hydrogen-bond donors (Lipinski definition) is 0. The molecular formula is C19H20BrN3OS. The van der Waals surface area contributed by atoms with Gasteiger partial charge in [-0.05, 0) is 36.8 Å². The molecule has 2 aliphatic rings. The first-order valence-electron chi connectivity index (χ1n) is 8.46. The van der Waals surface area contributed by atoms with Gasteiger partial charge in [-0.25, -0.2) is 0 Å². The Morgan fingerprint density at radius 2 is 2.20 bits per heavy atom. The van der Waals surface area contributed by atoms with Gasteiger partial charge in [-0.15, -0.1) is 0 Å². The van der Waals surface area contributed by atoms with Crippen molar-refractivity contribution in [3.05, 3.63) is 58.3 Å². The molecule has 1 fully saturated rings. The fourth-order valence-electron chi connectivity index (χ4n) is 3.62. The second-order valence-corrected chi connectivity index (χ2v) is 8.13. The van der Waals surface area contributed by atoms with Gasteiger partial charge in [-0.1, -0.05) is 40.7 Å². The Morgan fingerprint density at radius 3 is 2.92 bits per heavy atom. The van der Waals surface area contributed by atoms with Crippen LogP contribution in [0.5, 0.6) is 5.75 Å². The van der Waals surface area contributed by atoms with E-state index in [1.165, 1.54) is 0 Å². The van der Waals surface area contributed by atoms with Gasteiger partial charge in [0.25, 0.3) is 0 Å². The highest BCUT2D eigenvalue weighted by Crippen LogP contribution is 2.50. The number of fused-ring (bicyclic) bond motifs is 1. The van der Waals surface area contributed by atoms with Crippen LogP contribution in [-0.4, -0.2) is 34.0 Å². The van der Waals surface area contributed by atoms with Gasteiger partial charge in [-0.3, -0.25) is 9.98 Å². The van der Waals surface area contributed by atoms with Crippen molar-refractivity contribution in [2.24, 2.45) is 4.99 Å². The molecule has 6 heteroatoms. The van der Waals surface area contributed by atoms with Crippen LogP contribution in [0, 0.1) is 0 Å². The molecule has 0 unspecified atom stereocenters. The van der Waals surface area contributed by atoms with E-state index >= 15 is 0 Å². The Kier molecular flexibility index (Phi) is 4.73. The maximum atomic E-state index is 5.69. The summed E-state index contributed by atoms with van der Waals surface area (Å²) < 4.78 is 6.74. The summed E-state index contributed by atoms with van der Waals surface area (Å²) in [6, 6.07) is 12.8. The summed E-state index contributed by atoms with van der Waals surface area (Å²) >= 11 is 5.48. The molecule has 0 N–H and O–H groups in total. The van der Waals surface area contributed by atoms with Crippen LogP contribution < -0.4 is 4.74 Å². The molecular weight excluding hydrogens is 398 g/mol. The maximum absolute atomic E-state index is 5.69. The van der Waals surface area contributed by atoms with Gasteiger partial charge in [0.2, 0.25) is 0 Å². The number of pyridine rings is 1. The van der Waals surface area contributed by atoms with Crippen LogP contribution in [0.2, 0.25) is 0 Å². The Labute approximate surface area is 160 Å². The Morgan fingerprint density at radius 1 is 1.32 bits per heavy atom. The van der Waals surface area contributed by atoms with Gasteiger partial charge in [-0.2, -0.15) is 0 Å². The van der Waals surface area contributed by atoms with Crippen molar-refractivity contribution in [1.82, 2.24) is 9.88 Å². The van der Waals surface area contributed by atoms with Crippen LogP contribution in [0.1, 0.15) is 36.7 Å². The van der Waals surface area contributed by atoms with Crippen LogP contribution in [0.25, 0.3) is 0 Å². The lowest BCUT2D eigenvalue weighted by Crippen LogP contribution is -2.35. The van der Waals surface area contributed by atoms with Crippen molar-refractivity contribution >= 4 is 32.9 Å². The molecule has 4 nitrogen and oxygen atoms in total. The first kappa shape index (κ1) is 16.9. The van der Waals surface area contributed by atoms with E-state index in [0.29, 0.717) is 6.04 Å². The summed E-state index contributed by atoms with van der Waals surface area (Å²) in [5, 5.41) is 1.13. The fourth-order valence-corrected chi connectivity index (χ4v) is 5.34. The van der Waals surface area contributed by atoms with Crippen LogP contribution in [-0.2, 0) is 0 Å². The molecule has 4 rings (SSSR count). The first-order valence-corrected chi connectivity index (χ1v) is 10.2. The Balaban J connectivity index is 1.85. The summed E-state index contributed by atoms with van der Waals surface area (Å²) in [5.74, 6) is 1.99. The maximum Gasteiger partial charge on any atom is 0.160 e. The van der Waals surface area contributed by atoms with E-state index in [2.05, 4.69) is 44.9 Å². The average Bonchev–Trinajstić information content (AvgIpc) is 3.21. The number of amidine groups is 1. The van der Waals surface area contributed by atoms with E-state index in [1.54, 1.807) is 7.11 Å². The van der Waals surface area contributed by atoms with Crippen molar-refractivity contribution in [3.8, 4) is 5.75 Å². The average molecular weight is 418 g/mol. The molecule has 1 aromatic heterocycles. The number of nitrogens with zero attached hydrogens (tertiary/aromatic N) is 3. The minimum absolute atomic E-state index is 0.0127. The number of ether oxygens (including phenoxy) is 1. The lowest BCUT2D eigenvalue weighted by atomic mass is 9.94. The smallest absolute Gasteiger partial charge is 0.160 e. The van der Waals surface area contributed by atoms with E-state index in [0.717, 1.165) is 38.8 Å². The zero-order valence-electron chi connectivity index (χ0n) is 14.2. The third-order valence-electron chi connectivity index (χ3n) is 4.84. The lowest BCUT2D eigenvalue weighted by molar-refractivity contribution is 0.249. The van der Waals surface area contributed by atoms with Crippen molar-refractivity contribution < 1.29 is 4.74 Å². The van der Waals surface area contributed by atoms with Crippen molar-refractivity contribution in [3.63, 3.8) is 0 Å². The van der Waals surface area contributed by atoms with E-state index in [4.69, 9.17) is 9.73 Å². The minimum Gasteiger partial charge on any atom is -0.496 e. The minimum atomic E-state index is -0.0127. The normalized spacial score (nSPS) is 25.0. The summed E-state index contributed by atoms with van der Waals surface area (Å²) in [6.07, 6.45) is 2.95. The molecule has 0 bridgehead atoms. The molecule has 3 atom stereocenters. The Bertz CT molecular complexity index is 799. The monoisotopic (exact) mass is 417 g/mol. The standard InChI is InChI=1S/C19H20BrN3OS/c1-3-13-11-25-19-22-17(15-6-4-5-9-21-15)18(23(13)19)14-10-12(20)7-8-16(14)24-2/h4-10,13,17-18H,3,11H2,1-2H3/t13-,17+,18-/m1/s1. The summed E-state index contributed by atoms with van der Waals surface area (Å²) in [4.78, 5) is 12.1. The second kappa shape index (κ2) is 7.00. The quantitative estimate of drug-likeness (QED) is 0.713. The molecule has 0 saturated carbocycles. The highest BCUT2D eigenvalue weighted by molar-refractivity contribution is 9.10. The van der Waals surface area contributed by atoms with Crippen LogP contribution in [0.4, 0.5) is 0 Å². The predicted molar refractivity (Wildman–Crippen MR) is 106 cm³/mol. The van der Waals surface area contributed by atoms with Crippen LogP contribution in [0.3, 0.4) is 0 Å². The summed E-state index contributed by atoms with van der Waals surface area (Å²) in [6.45, 7) is 2.25. The van der Waals surface area contributed by atoms with Gasteiger partial charge in [0.15, 0.2) is 5.17 Å². The van der Waals surface area contributed by atoms with E-state index in [-0.39, 0.29) is 12.1 Å². The SMILES string of the molecule is CC[C@@H]1CSC2=N[C@@H](c3ccccn3)[C@@H](c3cc(Br)ccc3OC)N21. The van der Waals surface area contributed by atoms with E-state index < -0.39 is 0 Å². The number of benzene rings is 1. The molecule has 25 heavy (non-hydrogen) atoms. The third kappa shape index (κ3) is 2.95. The highest BCUT2D eigenvalue weighted by atomic mass is 79.9. The number of aliphatic imine (C=N–C) groups is 1. The molecule has 2 aliphatic heterocycles. The molecule has 0 spiro atoms. The first-order chi connectivity index (χ1) is 12.2. The molecule has 130 valence electrons. The number of aromatic nitrogens is 1. The molecule has 0 amide bonds. The number of hydrogen-bond acceptors (Lipinski definition) is 5. The highest BCUT2D eigenvalue weighted by Gasteiger charge is 2.46. The van der Waals surface area contributed by atoms with E-state index in [9.17, 15) is 0 Å². The van der Waals surface area contributed by atoms with Gasteiger partial charge < -0.3 is 9.64 Å². The zero-order valence-corrected chi connectivity index (χ0v) is 16.6. The molecule has 0 aliphatic carbocycles. The van der Waals surface area contributed by atoms with Crippen LogP contribution >= 0.6 is 27.7 Å². The largest absolute Gasteiger partial charge is 0.496 e. The van der Waals surface area contributed by atoms with Crippen molar-refractivity contribution in [2.75, 3.05) is 12.9 Å². The lowest BCUT2D eigenvalue weighted by Gasteiger charge is -2.32. The van der Waals surface area contributed by atoms with E-state index in [1.807, 2.05) is 42.2 Å². The summed E-state index contributed by atoms with van der Waals surface area (Å²) in [7, 11) is 1.73. The zero-order chi connectivity index (χ0) is 17.4. The second-order valence-electron chi connectivity index (χ2n) is 6.22. The van der Waals surface area contributed by atoms with Gasteiger partial charge in [0.1, 0.15) is 11.8 Å². The topological polar surface area (TPSA) is 37.7 Å². The summed E-state index contributed by atoms with van der Waals surface area (Å²) in [5.41, 5.74) is 2.17. The van der Waals surface area contributed by atoms with Crippen molar-refractivity contribution in [2.45, 2.75) is 31.5 Å². The predicted octanol–water partition coefficient (Wildman–Crippen LogP) is 4.83. The number of thioether (sulfide) groups is 1. The fraction of sp³-hybridized carbons (Fsp3) is 0.368. The third-order valence-corrected chi connectivity index (χ3v) is 6.46. The van der Waals surface area contributed by atoms with Crippen molar-refractivity contribution in [1.29, 1.82) is 0 Å². The molecule has 2 aromatic rings. The van der Waals surface area contributed by atoms with Gasteiger partial charge >= 0.3 is 0 Å². The Hall–Kier alpha value is -1.53. The molecule has 0 radical (unpaired) electrons. The number of halogens is 1. The molecule has 1 saturated heterocycles. The molecule has 3 heterocycles. The van der Waals surface area contributed by atoms with Gasteiger partial charge in [0, 0.05) is 28.0 Å². The van der Waals surface area contributed by atoms with Gasteiger partial charge in [0.05, 0.1) is 18.8 Å².